The van der Waals surface area contributed by atoms with Crippen LogP contribution >= 0.6 is 0 Å². The number of anilines is 1. The number of amides is 1. The van der Waals surface area contributed by atoms with Gasteiger partial charge in [-0.1, -0.05) is 17.3 Å². The Morgan fingerprint density at radius 3 is 2.68 bits per heavy atom. The van der Waals surface area contributed by atoms with Gasteiger partial charge < -0.3 is 34.2 Å². The molecule has 3 heterocycles. The molecule has 2 N–H and O–H groups in total. The van der Waals surface area contributed by atoms with Gasteiger partial charge in [0.15, 0.2) is 5.82 Å². The summed E-state index contributed by atoms with van der Waals surface area (Å²) in [6.07, 6.45) is -0.957. The lowest BCUT2D eigenvalue weighted by Gasteiger charge is -2.44. The number of aromatic nitrogens is 3. The van der Waals surface area contributed by atoms with Gasteiger partial charge in [-0.05, 0) is 46.9 Å². The number of nitrogens with zero attached hydrogens (tertiary/aromatic N) is 5. The summed E-state index contributed by atoms with van der Waals surface area (Å²) in [5.41, 5.74) is 3.04. The maximum Gasteiger partial charge on any atom is 0.409 e. The number of aliphatic hydroxyl groups is 1. The van der Waals surface area contributed by atoms with E-state index < -0.39 is 6.10 Å². The second-order valence-corrected chi connectivity index (χ2v) is 9.66. The normalized spacial score (nSPS) is 18.4. The number of hydrogen-bond donors (Lipinski definition) is 2. The van der Waals surface area contributed by atoms with Crippen LogP contribution in [0, 0.1) is 13.8 Å². The van der Waals surface area contributed by atoms with E-state index in [1.165, 1.54) is 7.11 Å². The van der Waals surface area contributed by atoms with Crippen LogP contribution in [0.15, 0.2) is 34.9 Å². The van der Waals surface area contributed by atoms with Gasteiger partial charge in [0.25, 0.3) is 0 Å². The van der Waals surface area contributed by atoms with E-state index in [2.05, 4.69) is 22.3 Å². The average molecular weight is 525 g/mol. The quantitative estimate of drug-likeness (QED) is 0.454. The van der Waals surface area contributed by atoms with Crippen LogP contribution in [-0.4, -0.2) is 89.8 Å². The van der Waals surface area contributed by atoms with E-state index in [0.29, 0.717) is 42.7 Å². The zero-order chi connectivity index (χ0) is 27.4. The highest BCUT2D eigenvalue weighted by atomic mass is 16.5. The summed E-state index contributed by atoms with van der Waals surface area (Å²) in [5, 5.41) is 17.1. The fraction of sp³-hybridized carbons (Fsp3) is 0.481. The molecule has 11 heteroatoms. The molecule has 1 unspecified atom stereocenters. The van der Waals surface area contributed by atoms with Crippen LogP contribution < -0.4 is 15.0 Å². The van der Waals surface area contributed by atoms with Crippen LogP contribution in [0.3, 0.4) is 0 Å². The Labute approximate surface area is 222 Å². The van der Waals surface area contributed by atoms with Crippen LogP contribution in [0.4, 0.5) is 10.6 Å². The molecule has 4 rings (SSSR count). The molecule has 1 aliphatic heterocycles. The summed E-state index contributed by atoms with van der Waals surface area (Å²) in [6, 6.07) is 9.37. The lowest BCUT2D eigenvalue weighted by Crippen LogP contribution is -2.58. The zero-order valence-corrected chi connectivity index (χ0v) is 22.8. The van der Waals surface area contributed by atoms with Gasteiger partial charge in [-0.15, -0.1) is 0 Å². The number of piperazine rings is 1. The van der Waals surface area contributed by atoms with Crippen LogP contribution in [0.1, 0.15) is 25.3 Å². The van der Waals surface area contributed by atoms with E-state index in [0.717, 1.165) is 22.6 Å². The van der Waals surface area contributed by atoms with E-state index in [9.17, 15) is 9.90 Å². The Morgan fingerprint density at radius 1 is 1.21 bits per heavy atom. The van der Waals surface area contributed by atoms with Crippen molar-refractivity contribution in [3.63, 3.8) is 0 Å². The first kappa shape index (κ1) is 27.3. The van der Waals surface area contributed by atoms with Gasteiger partial charge in [-0.25, -0.2) is 14.8 Å². The third kappa shape index (κ3) is 5.89. The molecule has 1 fully saturated rings. The van der Waals surface area contributed by atoms with Crippen molar-refractivity contribution in [2.75, 3.05) is 45.3 Å². The number of nitrogens with one attached hydrogen (secondary N) is 1. The van der Waals surface area contributed by atoms with Crippen molar-refractivity contribution in [1.82, 2.24) is 25.3 Å². The van der Waals surface area contributed by atoms with Crippen LogP contribution in [0.5, 0.6) is 5.75 Å². The molecule has 1 aromatic carbocycles. The Bertz CT molecular complexity index is 1250. The van der Waals surface area contributed by atoms with E-state index in [1.54, 1.807) is 11.9 Å². The minimum Gasteiger partial charge on any atom is -0.491 e. The molecular weight excluding hydrogens is 488 g/mol. The average Bonchev–Trinajstić information content (AvgIpc) is 3.25. The molecule has 3 aromatic rings. The van der Waals surface area contributed by atoms with Gasteiger partial charge in [-0.2, -0.15) is 0 Å². The second kappa shape index (κ2) is 11.8. The fourth-order valence-electron chi connectivity index (χ4n) is 4.72. The van der Waals surface area contributed by atoms with Gasteiger partial charge in [0.2, 0.25) is 0 Å². The van der Waals surface area contributed by atoms with Gasteiger partial charge in [0.05, 0.1) is 24.1 Å². The Hall–Kier alpha value is -3.70. The first-order valence-electron chi connectivity index (χ1n) is 12.7. The predicted molar refractivity (Wildman–Crippen MR) is 143 cm³/mol. The minimum absolute atomic E-state index is 0.00565. The van der Waals surface area contributed by atoms with Gasteiger partial charge in [0.1, 0.15) is 30.0 Å². The number of aliphatic hydroxyl groups excluding tert-OH is 1. The van der Waals surface area contributed by atoms with E-state index >= 15 is 0 Å². The van der Waals surface area contributed by atoms with Gasteiger partial charge >= 0.3 is 6.09 Å². The monoisotopic (exact) mass is 524 g/mol. The van der Waals surface area contributed by atoms with Crippen molar-refractivity contribution in [1.29, 1.82) is 0 Å². The molecular formula is C27H36N6O5. The zero-order valence-electron chi connectivity index (χ0n) is 22.8. The Kier molecular flexibility index (Phi) is 8.48. The Balaban J connectivity index is 1.72. The number of methoxy groups -OCH3 is 1. The molecule has 1 saturated heterocycles. The fourth-order valence-corrected chi connectivity index (χ4v) is 4.72. The highest BCUT2D eigenvalue weighted by Gasteiger charge is 2.34. The standard InChI is InChI=1S/C27H36N6O5/c1-16-14-33(27(35)36-6)17(2)13-32(16)24-11-23(25-18(3)31-38-19(25)4)29-26(30-24)20-8-7-9-22(10-20)37-15-21(34)12-28-5/h7-11,16-17,21,28,34H,12-15H2,1-6H3/t16-,17-,21?/m0/s1. The summed E-state index contributed by atoms with van der Waals surface area (Å²) in [4.78, 5) is 26.0. The molecule has 3 atom stereocenters. The van der Waals surface area contributed by atoms with E-state index in [4.69, 9.17) is 24.0 Å². The van der Waals surface area contributed by atoms with Crippen LogP contribution in [0.25, 0.3) is 22.6 Å². The van der Waals surface area contributed by atoms with Crippen molar-refractivity contribution in [2.24, 2.45) is 0 Å². The number of ether oxygens (including phenoxy) is 2. The maximum atomic E-state index is 12.3. The molecule has 38 heavy (non-hydrogen) atoms. The highest BCUT2D eigenvalue weighted by molar-refractivity contribution is 5.72. The summed E-state index contributed by atoms with van der Waals surface area (Å²) >= 11 is 0. The first-order valence-corrected chi connectivity index (χ1v) is 12.7. The first-order chi connectivity index (χ1) is 18.2. The van der Waals surface area contributed by atoms with Crippen LogP contribution in [-0.2, 0) is 4.74 Å². The molecule has 0 spiro atoms. The lowest BCUT2D eigenvalue weighted by molar-refractivity contribution is 0.0963. The smallest absolute Gasteiger partial charge is 0.409 e. The number of rotatable bonds is 8. The summed E-state index contributed by atoms with van der Waals surface area (Å²) in [5.74, 6) is 2.54. The van der Waals surface area contributed by atoms with Crippen molar-refractivity contribution in [3.05, 3.63) is 41.8 Å². The van der Waals surface area contributed by atoms with Crippen molar-refractivity contribution < 1.29 is 23.9 Å². The van der Waals surface area contributed by atoms with Crippen molar-refractivity contribution in [2.45, 2.75) is 45.9 Å². The highest BCUT2D eigenvalue weighted by Crippen LogP contribution is 2.33. The lowest BCUT2D eigenvalue weighted by atomic mass is 10.1. The topological polar surface area (TPSA) is 126 Å². The van der Waals surface area contributed by atoms with Gasteiger partial charge in [-0.3, -0.25) is 0 Å². The van der Waals surface area contributed by atoms with E-state index in [1.807, 2.05) is 51.1 Å². The third-order valence-electron chi connectivity index (χ3n) is 6.67. The van der Waals surface area contributed by atoms with Crippen molar-refractivity contribution in [3.8, 4) is 28.4 Å². The summed E-state index contributed by atoms with van der Waals surface area (Å²) in [6.45, 7) is 9.49. The molecule has 0 aliphatic carbocycles. The second-order valence-electron chi connectivity index (χ2n) is 9.66. The van der Waals surface area contributed by atoms with Gasteiger partial charge in [0, 0.05) is 43.3 Å². The molecule has 0 radical (unpaired) electrons. The molecule has 2 aromatic heterocycles. The predicted octanol–water partition coefficient (Wildman–Crippen LogP) is 3.04. The minimum atomic E-state index is -0.624. The molecule has 0 bridgehead atoms. The number of benzene rings is 1. The SMILES string of the molecule is CNCC(O)COc1cccc(-c2nc(-c3c(C)noc3C)cc(N3C[C@H](C)N(C(=O)OC)C[C@@H]3C)n2)c1. The largest absolute Gasteiger partial charge is 0.491 e. The number of hydrogen-bond acceptors (Lipinski definition) is 10. The number of carbonyl (C=O) groups is 1. The molecule has 1 aliphatic rings. The molecule has 1 amide bonds. The maximum absolute atomic E-state index is 12.3. The number of likely N-dealkylation sites (N-methyl/N-ethyl adjacent to an activating group) is 1. The number of aryl methyl sites for hydroxylation is 2. The third-order valence-corrected chi connectivity index (χ3v) is 6.67. The van der Waals surface area contributed by atoms with E-state index in [-0.39, 0.29) is 24.8 Å². The molecule has 0 saturated carbocycles. The summed E-state index contributed by atoms with van der Waals surface area (Å²) < 4.78 is 16.2. The number of carbonyl (C=O) groups excluding carboxylic acids is 1. The summed E-state index contributed by atoms with van der Waals surface area (Å²) in [7, 11) is 3.18. The molecule has 204 valence electrons. The van der Waals surface area contributed by atoms with Crippen molar-refractivity contribution >= 4 is 11.9 Å². The molecule has 11 nitrogen and oxygen atoms in total. The van der Waals surface area contributed by atoms with Crippen LogP contribution in [0.2, 0.25) is 0 Å². The Morgan fingerprint density at radius 2 is 2.00 bits per heavy atom.